The highest BCUT2D eigenvalue weighted by molar-refractivity contribution is 7.10. The van der Waals surface area contributed by atoms with E-state index in [2.05, 4.69) is 9.97 Å². The Morgan fingerprint density at radius 2 is 2.00 bits per heavy atom. The standard InChI is InChI=1S/C16H13N3OS/c17-13-3-1-2-12(8-13)15(20)9-16-19-14(10-21-16)11-4-6-18-7-5-11/h1-8,10H,9,17H2. The van der Waals surface area contributed by atoms with Gasteiger partial charge in [0.25, 0.3) is 0 Å². The van der Waals surface area contributed by atoms with E-state index in [-0.39, 0.29) is 5.78 Å². The van der Waals surface area contributed by atoms with Gasteiger partial charge < -0.3 is 5.73 Å². The number of rotatable bonds is 4. The number of nitrogen functional groups attached to an aromatic ring is 1. The molecule has 5 heteroatoms. The van der Waals surface area contributed by atoms with Gasteiger partial charge in [-0.2, -0.15) is 0 Å². The van der Waals surface area contributed by atoms with Crippen LogP contribution in [-0.2, 0) is 6.42 Å². The zero-order chi connectivity index (χ0) is 14.7. The van der Waals surface area contributed by atoms with Gasteiger partial charge in [0.2, 0.25) is 0 Å². The van der Waals surface area contributed by atoms with Crippen molar-refractivity contribution < 1.29 is 4.79 Å². The van der Waals surface area contributed by atoms with Crippen LogP contribution in [-0.4, -0.2) is 15.8 Å². The Hall–Kier alpha value is -2.53. The molecule has 4 nitrogen and oxygen atoms in total. The fraction of sp³-hybridized carbons (Fsp3) is 0.0625. The molecule has 0 fully saturated rings. The van der Waals surface area contributed by atoms with Crippen molar-refractivity contribution in [2.45, 2.75) is 6.42 Å². The number of carbonyl (C=O) groups excluding carboxylic acids is 1. The van der Waals surface area contributed by atoms with Gasteiger partial charge in [-0.3, -0.25) is 9.78 Å². The Morgan fingerprint density at radius 1 is 1.19 bits per heavy atom. The van der Waals surface area contributed by atoms with E-state index in [1.807, 2.05) is 17.5 Å². The number of benzene rings is 1. The van der Waals surface area contributed by atoms with Crippen molar-refractivity contribution in [1.82, 2.24) is 9.97 Å². The third-order valence-corrected chi connectivity index (χ3v) is 3.90. The summed E-state index contributed by atoms with van der Waals surface area (Å²) in [4.78, 5) is 20.7. The summed E-state index contributed by atoms with van der Waals surface area (Å²) in [6.07, 6.45) is 3.75. The van der Waals surface area contributed by atoms with Gasteiger partial charge in [0.05, 0.1) is 12.1 Å². The van der Waals surface area contributed by atoms with Gasteiger partial charge in [0, 0.05) is 34.6 Å². The first kappa shape index (κ1) is 13.5. The zero-order valence-electron chi connectivity index (χ0n) is 11.2. The number of pyridine rings is 1. The lowest BCUT2D eigenvalue weighted by atomic mass is 10.1. The van der Waals surface area contributed by atoms with E-state index < -0.39 is 0 Å². The molecule has 2 heterocycles. The van der Waals surface area contributed by atoms with Crippen molar-refractivity contribution in [1.29, 1.82) is 0 Å². The summed E-state index contributed by atoms with van der Waals surface area (Å²) in [5.41, 5.74) is 8.79. The topological polar surface area (TPSA) is 68.9 Å². The van der Waals surface area contributed by atoms with E-state index in [0.717, 1.165) is 16.3 Å². The van der Waals surface area contributed by atoms with Gasteiger partial charge in [-0.15, -0.1) is 11.3 Å². The number of hydrogen-bond acceptors (Lipinski definition) is 5. The maximum absolute atomic E-state index is 12.2. The fourth-order valence-corrected chi connectivity index (χ4v) is 2.80. The van der Waals surface area contributed by atoms with E-state index in [0.29, 0.717) is 17.7 Å². The SMILES string of the molecule is Nc1cccc(C(=O)Cc2nc(-c3ccncc3)cs2)c1. The molecule has 3 rings (SSSR count). The minimum Gasteiger partial charge on any atom is -0.399 e. The second-order valence-electron chi connectivity index (χ2n) is 4.59. The summed E-state index contributed by atoms with van der Waals surface area (Å²) in [5, 5.41) is 2.76. The number of anilines is 1. The average Bonchev–Trinajstić information content (AvgIpc) is 2.97. The molecule has 0 amide bonds. The Kier molecular flexibility index (Phi) is 3.75. The van der Waals surface area contributed by atoms with Gasteiger partial charge >= 0.3 is 0 Å². The molecule has 104 valence electrons. The molecule has 0 saturated carbocycles. The highest BCUT2D eigenvalue weighted by Crippen LogP contribution is 2.22. The van der Waals surface area contributed by atoms with Crippen LogP contribution in [0.5, 0.6) is 0 Å². The summed E-state index contributed by atoms with van der Waals surface area (Å²) >= 11 is 1.49. The smallest absolute Gasteiger partial charge is 0.169 e. The number of nitrogens with two attached hydrogens (primary N) is 1. The molecule has 0 saturated heterocycles. The van der Waals surface area contributed by atoms with E-state index in [1.165, 1.54) is 11.3 Å². The fourth-order valence-electron chi connectivity index (χ4n) is 2.00. The number of aromatic nitrogens is 2. The predicted molar refractivity (Wildman–Crippen MR) is 84.2 cm³/mol. The van der Waals surface area contributed by atoms with E-state index in [9.17, 15) is 4.79 Å². The van der Waals surface area contributed by atoms with Gasteiger partial charge in [-0.25, -0.2) is 4.98 Å². The first-order chi connectivity index (χ1) is 10.2. The van der Waals surface area contributed by atoms with Crippen LogP contribution >= 0.6 is 11.3 Å². The summed E-state index contributed by atoms with van der Waals surface area (Å²) in [5.74, 6) is 0.0259. The molecule has 2 aromatic heterocycles. The summed E-state index contributed by atoms with van der Waals surface area (Å²) < 4.78 is 0. The highest BCUT2D eigenvalue weighted by Gasteiger charge is 2.11. The molecular weight excluding hydrogens is 282 g/mol. The number of nitrogens with zero attached hydrogens (tertiary/aromatic N) is 2. The summed E-state index contributed by atoms with van der Waals surface area (Å²) in [6, 6.07) is 10.8. The van der Waals surface area contributed by atoms with Crippen molar-refractivity contribution in [3.63, 3.8) is 0 Å². The van der Waals surface area contributed by atoms with Crippen molar-refractivity contribution in [2.24, 2.45) is 0 Å². The van der Waals surface area contributed by atoms with Gasteiger partial charge in [-0.1, -0.05) is 12.1 Å². The molecule has 0 radical (unpaired) electrons. The molecular formula is C16H13N3OS. The molecule has 0 atom stereocenters. The van der Waals surface area contributed by atoms with Gasteiger partial charge in [-0.05, 0) is 24.3 Å². The van der Waals surface area contributed by atoms with Crippen LogP contribution in [0.1, 0.15) is 15.4 Å². The molecule has 0 spiro atoms. The maximum atomic E-state index is 12.2. The summed E-state index contributed by atoms with van der Waals surface area (Å²) in [6.45, 7) is 0. The third kappa shape index (κ3) is 3.14. The van der Waals surface area contributed by atoms with Crippen LogP contribution in [0.2, 0.25) is 0 Å². The minimum absolute atomic E-state index is 0.0259. The molecule has 0 unspecified atom stereocenters. The van der Waals surface area contributed by atoms with Gasteiger partial charge in [0.1, 0.15) is 5.01 Å². The molecule has 0 aliphatic heterocycles. The lowest BCUT2D eigenvalue weighted by molar-refractivity contribution is 0.0993. The average molecular weight is 295 g/mol. The third-order valence-electron chi connectivity index (χ3n) is 3.05. The van der Waals surface area contributed by atoms with Crippen molar-refractivity contribution in [3.8, 4) is 11.3 Å². The van der Waals surface area contributed by atoms with Crippen LogP contribution < -0.4 is 5.73 Å². The van der Waals surface area contributed by atoms with Crippen LogP contribution in [0, 0.1) is 0 Å². The number of thiazole rings is 1. The lowest BCUT2D eigenvalue weighted by Gasteiger charge is -2.00. The minimum atomic E-state index is 0.0259. The molecule has 3 aromatic rings. The zero-order valence-corrected chi connectivity index (χ0v) is 12.0. The Balaban J connectivity index is 1.77. The molecule has 1 aromatic carbocycles. The second-order valence-corrected chi connectivity index (χ2v) is 5.53. The molecule has 0 bridgehead atoms. The largest absolute Gasteiger partial charge is 0.399 e. The molecule has 0 aliphatic carbocycles. The monoisotopic (exact) mass is 295 g/mol. The van der Waals surface area contributed by atoms with Crippen molar-refractivity contribution in [3.05, 3.63) is 64.7 Å². The number of ketones is 1. The van der Waals surface area contributed by atoms with E-state index in [1.54, 1.807) is 36.7 Å². The number of hydrogen-bond donors (Lipinski definition) is 1. The first-order valence-corrected chi connectivity index (χ1v) is 7.34. The molecule has 21 heavy (non-hydrogen) atoms. The quantitative estimate of drug-likeness (QED) is 0.592. The van der Waals surface area contributed by atoms with Crippen molar-refractivity contribution >= 4 is 22.8 Å². The van der Waals surface area contributed by atoms with Gasteiger partial charge in [0.15, 0.2) is 5.78 Å². The van der Waals surface area contributed by atoms with E-state index >= 15 is 0 Å². The van der Waals surface area contributed by atoms with Crippen molar-refractivity contribution in [2.75, 3.05) is 5.73 Å². The Labute approximate surface area is 126 Å². The van der Waals surface area contributed by atoms with Crippen LogP contribution in [0.15, 0.2) is 54.2 Å². The van der Waals surface area contributed by atoms with Crippen LogP contribution in [0.3, 0.4) is 0 Å². The number of carbonyl (C=O) groups is 1. The first-order valence-electron chi connectivity index (χ1n) is 6.46. The molecule has 0 aliphatic rings. The molecule has 2 N–H and O–H groups in total. The predicted octanol–water partition coefficient (Wildman–Crippen LogP) is 3.21. The lowest BCUT2D eigenvalue weighted by Crippen LogP contribution is -2.03. The summed E-state index contributed by atoms with van der Waals surface area (Å²) in [7, 11) is 0. The van der Waals surface area contributed by atoms with E-state index in [4.69, 9.17) is 5.73 Å². The maximum Gasteiger partial charge on any atom is 0.169 e. The normalized spacial score (nSPS) is 10.5. The highest BCUT2D eigenvalue weighted by atomic mass is 32.1. The number of Topliss-reactive ketones (excluding diaryl/α,β-unsaturated/α-hetero) is 1. The second kappa shape index (κ2) is 5.85. The Morgan fingerprint density at radius 3 is 2.76 bits per heavy atom. The van der Waals surface area contributed by atoms with Crippen LogP contribution in [0.4, 0.5) is 5.69 Å². The van der Waals surface area contributed by atoms with Crippen LogP contribution in [0.25, 0.3) is 11.3 Å². The Bertz CT molecular complexity index is 768.